The van der Waals surface area contributed by atoms with Gasteiger partial charge in [0.05, 0.1) is 5.02 Å². The van der Waals surface area contributed by atoms with Crippen LogP contribution < -0.4 is 0 Å². The van der Waals surface area contributed by atoms with Crippen LogP contribution in [0.4, 0.5) is 0 Å². The third-order valence-corrected chi connectivity index (χ3v) is 8.00. The first-order valence-corrected chi connectivity index (χ1v) is 11.8. The Labute approximate surface area is 167 Å². The Kier molecular flexibility index (Phi) is 6.49. The Bertz CT molecular complexity index is 782. The van der Waals surface area contributed by atoms with Gasteiger partial charge in [-0.1, -0.05) is 30.9 Å². The summed E-state index contributed by atoms with van der Waals surface area (Å²) in [4.78, 5) is 15.2. The van der Waals surface area contributed by atoms with E-state index in [-0.39, 0.29) is 27.9 Å². The van der Waals surface area contributed by atoms with E-state index in [0.29, 0.717) is 18.7 Å². The topological polar surface area (TPSA) is 57.7 Å². The van der Waals surface area contributed by atoms with Crippen molar-refractivity contribution in [1.29, 1.82) is 0 Å². The zero-order valence-electron chi connectivity index (χ0n) is 16.2. The van der Waals surface area contributed by atoms with E-state index in [9.17, 15) is 13.2 Å². The molecule has 1 aromatic rings. The number of benzene rings is 1. The minimum absolute atomic E-state index is 0.0482. The highest BCUT2D eigenvalue weighted by Crippen LogP contribution is 2.30. The molecule has 0 atom stereocenters. The maximum Gasteiger partial charge on any atom is 0.254 e. The lowest BCUT2D eigenvalue weighted by atomic mass is 10.1. The van der Waals surface area contributed by atoms with Gasteiger partial charge in [0, 0.05) is 30.7 Å². The number of amides is 1. The van der Waals surface area contributed by atoms with E-state index in [2.05, 4.69) is 0 Å². The molecule has 1 aliphatic carbocycles. The molecule has 7 heteroatoms. The van der Waals surface area contributed by atoms with Gasteiger partial charge in [0.25, 0.3) is 5.91 Å². The smallest absolute Gasteiger partial charge is 0.254 e. The molecule has 150 valence electrons. The van der Waals surface area contributed by atoms with Crippen molar-refractivity contribution >= 4 is 27.5 Å². The zero-order chi connectivity index (χ0) is 19.6. The number of hydrogen-bond acceptors (Lipinski definition) is 3. The number of sulfonamides is 1. The Morgan fingerprint density at radius 2 is 1.74 bits per heavy atom. The molecule has 0 radical (unpaired) electrons. The molecule has 1 amide bonds. The molecule has 0 bridgehead atoms. The summed E-state index contributed by atoms with van der Waals surface area (Å²) in [5.41, 5.74) is 0.399. The average Bonchev–Trinajstić information content (AvgIpc) is 3.16. The summed E-state index contributed by atoms with van der Waals surface area (Å²) in [6.07, 6.45) is 7.05. The van der Waals surface area contributed by atoms with E-state index in [4.69, 9.17) is 11.6 Å². The lowest BCUT2D eigenvalue weighted by Crippen LogP contribution is -2.43. The summed E-state index contributed by atoms with van der Waals surface area (Å²) < 4.78 is 27.6. The summed E-state index contributed by atoms with van der Waals surface area (Å²) >= 11 is 6.24. The molecule has 2 aliphatic rings. The van der Waals surface area contributed by atoms with Gasteiger partial charge in [-0.25, -0.2) is 8.42 Å². The lowest BCUT2D eigenvalue weighted by molar-refractivity contribution is 0.0613. The van der Waals surface area contributed by atoms with E-state index < -0.39 is 10.0 Å². The minimum atomic E-state index is -3.68. The second kappa shape index (κ2) is 8.50. The SMILES string of the molecule is CC(C)N(C(=O)c1ccc(Cl)c(S(=O)(=O)N2CCCCC2)c1)C1CCCC1. The summed E-state index contributed by atoms with van der Waals surface area (Å²) in [5.74, 6) is -0.108. The number of carbonyl (C=O) groups excluding carboxylic acids is 1. The van der Waals surface area contributed by atoms with Crippen molar-refractivity contribution in [2.45, 2.75) is 75.8 Å². The van der Waals surface area contributed by atoms with E-state index in [1.807, 2.05) is 18.7 Å². The fourth-order valence-electron chi connectivity index (χ4n) is 4.23. The third kappa shape index (κ3) is 4.33. The van der Waals surface area contributed by atoms with Gasteiger partial charge in [-0.05, 0) is 57.7 Å². The van der Waals surface area contributed by atoms with Crippen LogP contribution in [0.5, 0.6) is 0 Å². The van der Waals surface area contributed by atoms with Crippen molar-refractivity contribution < 1.29 is 13.2 Å². The second-order valence-electron chi connectivity index (χ2n) is 7.85. The molecule has 0 spiro atoms. The molecule has 0 N–H and O–H groups in total. The molecule has 1 saturated carbocycles. The van der Waals surface area contributed by atoms with E-state index in [0.717, 1.165) is 44.9 Å². The van der Waals surface area contributed by atoms with Gasteiger partial charge in [-0.3, -0.25) is 4.79 Å². The van der Waals surface area contributed by atoms with Crippen LogP contribution in [0.25, 0.3) is 0 Å². The van der Waals surface area contributed by atoms with Crippen LogP contribution in [0.1, 0.15) is 69.2 Å². The average molecular weight is 413 g/mol. The van der Waals surface area contributed by atoms with Crippen molar-refractivity contribution in [2.24, 2.45) is 0 Å². The monoisotopic (exact) mass is 412 g/mol. The largest absolute Gasteiger partial charge is 0.333 e. The van der Waals surface area contributed by atoms with E-state index in [1.165, 1.54) is 10.4 Å². The molecule has 1 heterocycles. The summed E-state index contributed by atoms with van der Waals surface area (Å²) in [6.45, 7) is 5.04. The van der Waals surface area contributed by atoms with Gasteiger partial charge >= 0.3 is 0 Å². The number of rotatable bonds is 5. The number of hydrogen-bond donors (Lipinski definition) is 0. The van der Waals surface area contributed by atoms with Crippen molar-refractivity contribution in [3.63, 3.8) is 0 Å². The molecule has 0 aromatic heterocycles. The maximum atomic E-state index is 13.2. The predicted molar refractivity (Wildman–Crippen MR) is 108 cm³/mol. The fourth-order valence-corrected chi connectivity index (χ4v) is 6.25. The Morgan fingerprint density at radius 1 is 1.11 bits per heavy atom. The van der Waals surface area contributed by atoms with Crippen LogP contribution in [0.3, 0.4) is 0 Å². The molecular formula is C20H29ClN2O3S. The first-order valence-electron chi connectivity index (χ1n) is 9.94. The summed E-state index contributed by atoms with van der Waals surface area (Å²) in [6, 6.07) is 4.95. The van der Waals surface area contributed by atoms with Gasteiger partial charge in [0.1, 0.15) is 4.90 Å². The Hall–Kier alpha value is -1.11. The first kappa shape index (κ1) is 20.6. The standard InChI is InChI=1S/C20H29ClN2O3S/c1-15(2)23(17-8-4-5-9-17)20(24)16-10-11-18(21)19(14-16)27(25,26)22-12-6-3-7-13-22/h10-11,14-15,17H,3-9,12-13H2,1-2H3. The molecule has 5 nitrogen and oxygen atoms in total. The number of piperidine rings is 1. The molecule has 1 aliphatic heterocycles. The lowest BCUT2D eigenvalue weighted by Gasteiger charge is -2.33. The van der Waals surface area contributed by atoms with Gasteiger partial charge < -0.3 is 4.90 Å². The third-order valence-electron chi connectivity index (χ3n) is 5.62. The number of nitrogens with zero attached hydrogens (tertiary/aromatic N) is 2. The first-order chi connectivity index (χ1) is 12.8. The van der Waals surface area contributed by atoms with Crippen LogP contribution in [-0.4, -0.2) is 48.7 Å². The minimum Gasteiger partial charge on any atom is -0.333 e. The van der Waals surface area contributed by atoms with Gasteiger partial charge in [0.2, 0.25) is 10.0 Å². The van der Waals surface area contributed by atoms with Crippen LogP contribution in [0.15, 0.2) is 23.1 Å². The van der Waals surface area contributed by atoms with Gasteiger partial charge in [0.15, 0.2) is 0 Å². The van der Waals surface area contributed by atoms with E-state index >= 15 is 0 Å². The molecule has 1 aromatic carbocycles. The zero-order valence-corrected chi connectivity index (χ0v) is 17.7. The second-order valence-corrected chi connectivity index (χ2v) is 10.2. The fraction of sp³-hybridized carbons (Fsp3) is 0.650. The van der Waals surface area contributed by atoms with Crippen LogP contribution >= 0.6 is 11.6 Å². The van der Waals surface area contributed by atoms with E-state index in [1.54, 1.807) is 12.1 Å². The van der Waals surface area contributed by atoms with Crippen molar-refractivity contribution in [3.05, 3.63) is 28.8 Å². The highest BCUT2D eigenvalue weighted by atomic mass is 35.5. The number of carbonyl (C=O) groups is 1. The normalized spacial score (nSPS) is 19.6. The molecule has 3 rings (SSSR count). The maximum absolute atomic E-state index is 13.2. The van der Waals surface area contributed by atoms with Crippen molar-refractivity contribution in [2.75, 3.05) is 13.1 Å². The van der Waals surface area contributed by atoms with Crippen LogP contribution in [0, 0.1) is 0 Å². The van der Waals surface area contributed by atoms with Crippen molar-refractivity contribution in [3.8, 4) is 0 Å². The van der Waals surface area contributed by atoms with Crippen LogP contribution in [0.2, 0.25) is 5.02 Å². The molecule has 1 saturated heterocycles. The van der Waals surface area contributed by atoms with Crippen molar-refractivity contribution in [1.82, 2.24) is 9.21 Å². The predicted octanol–water partition coefficient (Wildman–Crippen LogP) is 4.31. The van der Waals surface area contributed by atoms with Gasteiger partial charge in [-0.2, -0.15) is 4.31 Å². The highest BCUT2D eigenvalue weighted by Gasteiger charge is 2.32. The Morgan fingerprint density at radius 3 is 2.33 bits per heavy atom. The molecule has 0 unspecified atom stereocenters. The molecular weight excluding hydrogens is 384 g/mol. The quantitative estimate of drug-likeness (QED) is 0.724. The highest BCUT2D eigenvalue weighted by molar-refractivity contribution is 7.89. The van der Waals surface area contributed by atoms with Crippen LogP contribution in [-0.2, 0) is 10.0 Å². The molecule has 27 heavy (non-hydrogen) atoms. The molecule has 2 fully saturated rings. The summed E-state index contributed by atoms with van der Waals surface area (Å²) in [7, 11) is -3.68. The Balaban J connectivity index is 1.93. The summed E-state index contributed by atoms with van der Waals surface area (Å²) in [5, 5.41) is 0.175. The number of halogens is 1. The van der Waals surface area contributed by atoms with Gasteiger partial charge in [-0.15, -0.1) is 0 Å².